The average molecular weight is 242 g/mol. The van der Waals surface area contributed by atoms with Crippen LogP contribution in [0.5, 0.6) is 0 Å². The van der Waals surface area contributed by atoms with Crippen LogP contribution in [0.1, 0.15) is 11.5 Å². The SMILES string of the molecule is Cc1cc(-c2nc(-c3cnccn3)no2)c(C)o1. The first-order valence-corrected chi connectivity index (χ1v) is 5.41. The van der Waals surface area contributed by atoms with E-state index in [4.69, 9.17) is 8.94 Å². The number of rotatable bonds is 2. The average Bonchev–Trinajstić information content (AvgIpc) is 2.97. The third-order valence-corrected chi connectivity index (χ3v) is 2.49. The van der Waals surface area contributed by atoms with E-state index in [0.29, 0.717) is 17.4 Å². The van der Waals surface area contributed by atoms with Gasteiger partial charge >= 0.3 is 0 Å². The molecular formula is C12H10N4O2. The summed E-state index contributed by atoms with van der Waals surface area (Å²) in [5.74, 6) is 2.39. The van der Waals surface area contributed by atoms with Gasteiger partial charge in [0, 0.05) is 12.4 Å². The Morgan fingerprint density at radius 2 is 2.06 bits per heavy atom. The summed E-state index contributed by atoms with van der Waals surface area (Å²) in [6.07, 6.45) is 4.76. The molecule has 3 aromatic heterocycles. The number of aromatic nitrogens is 4. The molecule has 0 atom stereocenters. The van der Waals surface area contributed by atoms with Gasteiger partial charge in [0.15, 0.2) is 0 Å². The Balaban J connectivity index is 2.02. The minimum absolute atomic E-state index is 0.413. The van der Waals surface area contributed by atoms with Crippen LogP contribution >= 0.6 is 0 Å². The van der Waals surface area contributed by atoms with Crippen molar-refractivity contribution in [1.82, 2.24) is 20.1 Å². The van der Waals surface area contributed by atoms with Crippen molar-refractivity contribution in [3.63, 3.8) is 0 Å². The number of hydrogen-bond acceptors (Lipinski definition) is 6. The molecule has 0 amide bonds. The summed E-state index contributed by atoms with van der Waals surface area (Å²) < 4.78 is 10.6. The summed E-state index contributed by atoms with van der Waals surface area (Å²) in [5.41, 5.74) is 1.38. The van der Waals surface area contributed by atoms with Gasteiger partial charge in [0.05, 0.1) is 11.8 Å². The Hall–Kier alpha value is -2.50. The maximum Gasteiger partial charge on any atom is 0.261 e. The van der Waals surface area contributed by atoms with E-state index in [-0.39, 0.29) is 0 Å². The molecule has 0 aliphatic rings. The quantitative estimate of drug-likeness (QED) is 0.686. The van der Waals surface area contributed by atoms with Gasteiger partial charge in [-0.3, -0.25) is 4.98 Å². The van der Waals surface area contributed by atoms with Crippen LogP contribution in [0.25, 0.3) is 23.0 Å². The lowest BCUT2D eigenvalue weighted by molar-refractivity contribution is 0.430. The smallest absolute Gasteiger partial charge is 0.261 e. The molecule has 0 spiro atoms. The van der Waals surface area contributed by atoms with Crippen molar-refractivity contribution in [3.8, 4) is 23.0 Å². The van der Waals surface area contributed by atoms with Gasteiger partial charge in [0.1, 0.15) is 17.2 Å². The monoisotopic (exact) mass is 242 g/mol. The lowest BCUT2D eigenvalue weighted by atomic mass is 10.2. The number of aryl methyl sites for hydroxylation is 2. The first-order valence-electron chi connectivity index (χ1n) is 5.41. The predicted molar refractivity (Wildman–Crippen MR) is 62.5 cm³/mol. The Kier molecular flexibility index (Phi) is 2.40. The van der Waals surface area contributed by atoms with Gasteiger partial charge in [-0.25, -0.2) is 4.98 Å². The van der Waals surface area contributed by atoms with Crippen LogP contribution in [0.2, 0.25) is 0 Å². The molecule has 0 aliphatic carbocycles. The van der Waals surface area contributed by atoms with Gasteiger partial charge in [-0.2, -0.15) is 4.98 Å². The molecule has 0 N–H and O–H groups in total. The zero-order chi connectivity index (χ0) is 12.5. The molecule has 0 saturated heterocycles. The van der Waals surface area contributed by atoms with Crippen LogP contribution in [0, 0.1) is 13.8 Å². The van der Waals surface area contributed by atoms with Gasteiger partial charge < -0.3 is 8.94 Å². The number of nitrogens with zero attached hydrogens (tertiary/aromatic N) is 4. The topological polar surface area (TPSA) is 77.8 Å². The summed E-state index contributed by atoms with van der Waals surface area (Å²) in [6.45, 7) is 3.73. The van der Waals surface area contributed by atoms with Crippen molar-refractivity contribution >= 4 is 0 Å². The summed E-state index contributed by atoms with van der Waals surface area (Å²) in [5, 5.41) is 3.88. The lowest BCUT2D eigenvalue weighted by Crippen LogP contribution is -1.86. The highest BCUT2D eigenvalue weighted by atomic mass is 16.5. The maximum absolute atomic E-state index is 5.43. The van der Waals surface area contributed by atoms with E-state index in [2.05, 4.69) is 20.1 Å². The minimum atomic E-state index is 0.413. The molecular weight excluding hydrogens is 232 g/mol. The summed E-state index contributed by atoms with van der Waals surface area (Å²) in [6, 6.07) is 1.86. The standard InChI is InChI=1S/C12H10N4O2/c1-7-5-9(8(2)17-7)12-15-11(16-18-12)10-6-13-3-4-14-10/h3-6H,1-2H3. The van der Waals surface area contributed by atoms with Gasteiger partial charge in [-0.1, -0.05) is 5.16 Å². The Morgan fingerprint density at radius 1 is 1.17 bits per heavy atom. The Labute approximate surface area is 103 Å². The van der Waals surface area contributed by atoms with Crippen LogP contribution in [-0.2, 0) is 0 Å². The van der Waals surface area contributed by atoms with Crippen molar-refractivity contribution in [1.29, 1.82) is 0 Å². The van der Waals surface area contributed by atoms with Crippen LogP contribution < -0.4 is 0 Å². The fourth-order valence-electron chi connectivity index (χ4n) is 1.69. The summed E-state index contributed by atoms with van der Waals surface area (Å²) in [4.78, 5) is 12.4. The van der Waals surface area contributed by atoms with E-state index in [0.717, 1.165) is 17.1 Å². The van der Waals surface area contributed by atoms with Gasteiger partial charge in [-0.15, -0.1) is 0 Å². The van der Waals surface area contributed by atoms with Crippen molar-refractivity contribution in [2.24, 2.45) is 0 Å². The van der Waals surface area contributed by atoms with Crippen LogP contribution in [0.15, 0.2) is 33.6 Å². The number of hydrogen-bond donors (Lipinski definition) is 0. The molecule has 6 nitrogen and oxygen atoms in total. The Morgan fingerprint density at radius 3 is 2.72 bits per heavy atom. The minimum Gasteiger partial charge on any atom is -0.466 e. The normalized spacial score (nSPS) is 10.8. The van der Waals surface area contributed by atoms with Gasteiger partial charge in [-0.05, 0) is 19.9 Å². The lowest BCUT2D eigenvalue weighted by Gasteiger charge is -1.89. The molecule has 0 saturated carbocycles. The fraction of sp³-hybridized carbons (Fsp3) is 0.167. The third kappa shape index (κ3) is 1.77. The van der Waals surface area contributed by atoms with Crippen molar-refractivity contribution < 1.29 is 8.94 Å². The van der Waals surface area contributed by atoms with E-state index >= 15 is 0 Å². The van der Waals surface area contributed by atoms with Crippen molar-refractivity contribution in [2.45, 2.75) is 13.8 Å². The fourth-order valence-corrected chi connectivity index (χ4v) is 1.69. The van der Waals surface area contributed by atoms with Crippen LogP contribution in [0.3, 0.4) is 0 Å². The molecule has 18 heavy (non-hydrogen) atoms. The summed E-state index contributed by atoms with van der Waals surface area (Å²) >= 11 is 0. The molecule has 3 rings (SSSR count). The van der Waals surface area contributed by atoms with Crippen molar-refractivity contribution in [2.75, 3.05) is 0 Å². The molecule has 0 unspecified atom stereocenters. The van der Waals surface area contributed by atoms with Gasteiger partial charge in [0.2, 0.25) is 5.82 Å². The number of furan rings is 1. The largest absolute Gasteiger partial charge is 0.466 e. The molecule has 0 aliphatic heterocycles. The molecule has 0 bridgehead atoms. The second kappa shape index (κ2) is 4.06. The van der Waals surface area contributed by atoms with E-state index < -0.39 is 0 Å². The Bertz CT molecular complexity index is 672. The second-order valence-electron chi connectivity index (χ2n) is 3.84. The van der Waals surface area contributed by atoms with E-state index in [9.17, 15) is 0 Å². The molecule has 0 fully saturated rings. The van der Waals surface area contributed by atoms with E-state index in [1.807, 2.05) is 19.9 Å². The van der Waals surface area contributed by atoms with E-state index in [1.54, 1.807) is 18.6 Å². The predicted octanol–water partition coefficient (Wildman–Crippen LogP) is 2.40. The molecule has 6 heteroatoms. The highest BCUT2D eigenvalue weighted by Crippen LogP contribution is 2.26. The molecule has 0 radical (unpaired) electrons. The third-order valence-electron chi connectivity index (χ3n) is 2.49. The summed E-state index contributed by atoms with van der Waals surface area (Å²) in [7, 11) is 0. The zero-order valence-electron chi connectivity index (χ0n) is 9.91. The first kappa shape index (κ1) is 10.6. The molecule has 90 valence electrons. The van der Waals surface area contributed by atoms with E-state index in [1.165, 1.54) is 0 Å². The van der Waals surface area contributed by atoms with Crippen LogP contribution in [0.4, 0.5) is 0 Å². The zero-order valence-corrected chi connectivity index (χ0v) is 9.91. The molecule has 3 heterocycles. The highest BCUT2D eigenvalue weighted by Gasteiger charge is 2.16. The van der Waals surface area contributed by atoms with Gasteiger partial charge in [0.25, 0.3) is 5.89 Å². The second-order valence-corrected chi connectivity index (χ2v) is 3.84. The van der Waals surface area contributed by atoms with Crippen molar-refractivity contribution in [3.05, 3.63) is 36.2 Å². The maximum atomic E-state index is 5.43. The highest BCUT2D eigenvalue weighted by molar-refractivity contribution is 5.59. The molecule has 0 aromatic carbocycles. The molecule has 3 aromatic rings. The van der Waals surface area contributed by atoms with Crippen LogP contribution in [-0.4, -0.2) is 20.1 Å². The first-order chi connectivity index (χ1) is 8.74.